The molecule has 0 unspecified atom stereocenters. The lowest BCUT2D eigenvalue weighted by Crippen LogP contribution is -2.48. The van der Waals surface area contributed by atoms with E-state index in [1.165, 1.54) is 36.8 Å². The zero-order chi connectivity index (χ0) is 48.7. The van der Waals surface area contributed by atoms with E-state index < -0.39 is 0 Å². The van der Waals surface area contributed by atoms with Crippen LogP contribution in [0.2, 0.25) is 0 Å². The molecule has 6 saturated carbocycles. The van der Waals surface area contributed by atoms with Crippen molar-refractivity contribution in [2.75, 3.05) is 13.2 Å². The van der Waals surface area contributed by atoms with E-state index in [1.54, 1.807) is 0 Å². The van der Waals surface area contributed by atoms with E-state index in [0.717, 1.165) is 87.9 Å². The van der Waals surface area contributed by atoms with Crippen molar-refractivity contribution in [2.45, 2.75) is 212 Å². The molecular weight excluding hydrogens is 817 g/mol. The van der Waals surface area contributed by atoms with Gasteiger partial charge in [-0.2, -0.15) is 0 Å². The number of hydrogen-bond donors (Lipinski definition) is 4. The first-order valence-corrected chi connectivity index (χ1v) is 27.9. The van der Waals surface area contributed by atoms with E-state index >= 15 is 0 Å². The highest BCUT2D eigenvalue weighted by atomic mass is 16.3. The highest BCUT2D eigenvalue weighted by molar-refractivity contribution is 5.92. The molecule has 0 amide bonds. The summed E-state index contributed by atoms with van der Waals surface area (Å²) in [4.78, 5) is 27.9. The lowest BCUT2D eigenvalue weighted by molar-refractivity contribution is -0.137. The van der Waals surface area contributed by atoms with Gasteiger partial charge in [-0.1, -0.05) is 106 Å². The summed E-state index contributed by atoms with van der Waals surface area (Å²) >= 11 is 0. The van der Waals surface area contributed by atoms with E-state index in [1.807, 2.05) is 0 Å². The summed E-state index contributed by atoms with van der Waals surface area (Å²) < 4.78 is 0. The van der Waals surface area contributed by atoms with Crippen LogP contribution in [0, 0.1) is 115 Å². The van der Waals surface area contributed by atoms with Gasteiger partial charge in [-0.25, -0.2) is 0 Å². The van der Waals surface area contributed by atoms with E-state index in [9.17, 15) is 30.0 Å². The van der Waals surface area contributed by atoms with Crippen molar-refractivity contribution >= 4 is 11.6 Å². The topological polar surface area (TPSA) is 115 Å². The Morgan fingerprint density at radius 2 is 0.879 bits per heavy atom. The van der Waals surface area contributed by atoms with Gasteiger partial charge in [-0.05, 0) is 209 Å². The molecule has 0 aliphatic heterocycles. The van der Waals surface area contributed by atoms with Crippen LogP contribution in [0.1, 0.15) is 200 Å². The fraction of sp³-hybridized carbons (Fsp3) is 0.900. The van der Waals surface area contributed by atoms with Gasteiger partial charge in [0.15, 0.2) is 0 Å². The van der Waals surface area contributed by atoms with Crippen LogP contribution in [0.4, 0.5) is 0 Å². The van der Waals surface area contributed by atoms with Crippen molar-refractivity contribution in [3.8, 4) is 0 Å². The SMILES string of the molecule is CC(C)[C@@H](C)[C@@]1(C)C[C@@H]1[C@@H](C)[C@H]1CC[C@@H]([C@@H]2CC=C3C[C@@H](O)CC[C@]3(C)C2=O)[C@]1(C)CCO.CC(C)[C@@H](C)[C@@]1(C)C[C@@H]1[C@@H](C)[C@H]1CC[C@@H]([C@@H]2CC=C3C[C@@H](O)CC[C@]3(C)C2=O)[C@]1(C)CCO. The summed E-state index contributed by atoms with van der Waals surface area (Å²) in [6.07, 6.45) is 19.0. The molecule has 8 aliphatic rings. The van der Waals surface area contributed by atoms with Crippen LogP contribution in [0.25, 0.3) is 0 Å². The number of Topliss-reactive ketones (excluding diaryl/α,β-unsaturated/α-hetero) is 2. The fourth-order valence-electron chi connectivity index (χ4n) is 18.2. The Hall–Kier alpha value is -1.34. The van der Waals surface area contributed by atoms with Crippen LogP contribution in [0.15, 0.2) is 23.3 Å². The number of ketones is 2. The molecule has 6 fully saturated rings. The van der Waals surface area contributed by atoms with Crippen molar-refractivity contribution in [3.63, 3.8) is 0 Å². The molecule has 0 saturated heterocycles. The van der Waals surface area contributed by atoms with Gasteiger partial charge >= 0.3 is 0 Å². The molecule has 0 radical (unpaired) electrons. The molecule has 376 valence electrons. The van der Waals surface area contributed by atoms with Crippen LogP contribution >= 0.6 is 0 Å². The number of hydrogen-bond acceptors (Lipinski definition) is 6. The Balaban J connectivity index is 0.000000196. The fourth-order valence-corrected chi connectivity index (χ4v) is 18.2. The normalized spacial score (nSPS) is 47.3. The Morgan fingerprint density at radius 1 is 0.530 bits per heavy atom. The minimum absolute atomic E-state index is 0.0228. The van der Waals surface area contributed by atoms with Gasteiger partial charge < -0.3 is 20.4 Å². The number of rotatable bonds is 14. The summed E-state index contributed by atoms with van der Waals surface area (Å²) in [7, 11) is 0. The molecule has 8 rings (SSSR count). The molecule has 8 aliphatic carbocycles. The van der Waals surface area contributed by atoms with Crippen molar-refractivity contribution in [1.29, 1.82) is 0 Å². The van der Waals surface area contributed by atoms with E-state index in [-0.39, 0.29) is 58.9 Å². The third kappa shape index (κ3) is 8.79. The van der Waals surface area contributed by atoms with Gasteiger partial charge in [0.2, 0.25) is 0 Å². The second-order valence-electron chi connectivity index (χ2n) is 27.3. The van der Waals surface area contributed by atoms with Crippen molar-refractivity contribution in [2.24, 2.45) is 115 Å². The molecule has 4 N–H and O–H groups in total. The largest absolute Gasteiger partial charge is 0.396 e. The third-order valence-electron chi connectivity index (χ3n) is 23.8. The smallest absolute Gasteiger partial charge is 0.146 e. The lowest BCUT2D eigenvalue weighted by Gasteiger charge is -2.48. The van der Waals surface area contributed by atoms with Gasteiger partial charge in [-0.15, -0.1) is 0 Å². The van der Waals surface area contributed by atoms with Crippen molar-refractivity contribution < 1.29 is 30.0 Å². The maximum Gasteiger partial charge on any atom is 0.146 e. The van der Waals surface area contributed by atoms with Crippen LogP contribution in [0.3, 0.4) is 0 Å². The summed E-state index contributed by atoms with van der Waals surface area (Å²) in [5, 5.41) is 40.6. The first-order chi connectivity index (χ1) is 30.8. The maximum atomic E-state index is 14.0. The standard InChI is InChI=1S/2C30H50O3/c2*1-18(2)20(4)30(7)17-26(30)19(3)24-10-11-25(29(24,6)14-15-31)23-9-8-21-16-22(32)12-13-28(21,5)27(23)33/h2*8,18-20,22-26,31-32H,9-17H2,1-7H3/t2*19-,20+,22-,23-,24+,25-,26+,28-,29+,30+/m00/s1. The van der Waals surface area contributed by atoms with Crippen molar-refractivity contribution in [1.82, 2.24) is 0 Å². The molecular formula is C60H100O6. The highest BCUT2D eigenvalue weighted by Gasteiger charge is 2.64. The molecule has 0 aromatic rings. The summed E-state index contributed by atoms with van der Waals surface area (Å²) in [5.41, 5.74) is 2.54. The molecule has 6 heteroatoms. The number of allylic oxidation sites excluding steroid dienone is 2. The second-order valence-corrected chi connectivity index (χ2v) is 27.3. The summed E-state index contributed by atoms with van der Waals surface area (Å²) in [6, 6.07) is 0. The van der Waals surface area contributed by atoms with E-state index in [2.05, 4.69) is 109 Å². The third-order valence-corrected chi connectivity index (χ3v) is 23.8. The highest BCUT2D eigenvalue weighted by Crippen LogP contribution is 2.70. The van der Waals surface area contributed by atoms with Gasteiger partial charge in [0, 0.05) is 35.9 Å². The molecule has 0 spiro atoms. The lowest BCUT2D eigenvalue weighted by atomic mass is 9.55. The number of carbonyl (C=O) groups excluding carboxylic acids is 2. The first-order valence-electron chi connectivity index (χ1n) is 27.9. The molecule has 0 aromatic carbocycles. The van der Waals surface area contributed by atoms with Crippen LogP contribution < -0.4 is 0 Å². The first kappa shape index (κ1) is 52.5. The predicted octanol–water partition coefficient (Wildman–Crippen LogP) is 12.8. The summed E-state index contributed by atoms with van der Waals surface area (Å²) in [6.45, 7) is 33.8. The zero-order valence-corrected chi connectivity index (χ0v) is 44.7. The van der Waals surface area contributed by atoms with Crippen LogP contribution in [0.5, 0.6) is 0 Å². The molecule has 0 heterocycles. The van der Waals surface area contributed by atoms with E-state index in [0.29, 0.717) is 82.6 Å². The molecule has 6 nitrogen and oxygen atoms in total. The zero-order valence-electron chi connectivity index (χ0n) is 44.7. The van der Waals surface area contributed by atoms with Gasteiger partial charge in [0.05, 0.1) is 12.2 Å². The van der Waals surface area contributed by atoms with E-state index in [4.69, 9.17) is 0 Å². The minimum atomic E-state index is -0.381. The second kappa shape index (κ2) is 19.0. The minimum Gasteiger partial charge on any atom is -0.396 e. The average Bonchev–Trinajstić information content (AvgIpc) is 4.07. The maximum absolute atomic E-state index is 14.0. The van der Waals surface area contributed by atoms with Crippen LogP contribution in [-0.2, 0) is 9.59 Å². The van der Waals surface area contributed by atoms with Crippen LogP contribution in [-0.4, -0.2) is 57.4 Å². The Labute approximate surface area is 403 Å². The number of fused-ring (bicyclic) bond motifs is 2. The quantitative estimate of drug-likeness (QED) is 0.129. The van der Waals surface area contributed by atoms with Gasteiger partial charge in [0.25, 0.3) is 0 Å². The molecule has 0 aromatic heterocycles. The Morgan fingerprint density at radius 3 is 1.20 bits per heavy atom. The predicted molar refractivity (Wildman–Crippen MR) is 269 cm³/mol. The molecule has 0 bridgehead atoms. The number of aliphatic hydroxyl groups excluding tert-OH is 4. The van der Waals surface area contributed by atoms with Gasteiger partial charge in [0.1, 0.15) is 11.6 Å². The monoisotopic (exact) mass is 917 g/mol. The molecule has 20 atom stereocenters. The van der Waals surface area contributed by atoms with Crippen molar-refractivity contribution in [3.05, 3.63) is 23.3 Å². The average molecular weight is 917 g/mol. The number of aliphatic hydroxyl groups is 4. The van der Waals surface area contributed by atoms with Gasteiger partial charge in [-0.3, -0.25) is 9.59 Å². The number of carbonyl (C=O) groups is 2. The molecule has 66 heavy (non-hydrogen) atoms. The summed E-state index contributed by atoms with van der Waals surface area (Å²) in [5.74, 6) is 8.59. The Bertz CT molecular complexity index is 1700. The Kier molecular flexibility index (Phi) is 15.1.